The first-order chi connectivity index (χ1) is 13.2. The number of non-ortho nitro benzene ring substituents is 1. The lowest BCUT2D eigenvalue weighted by Gasteiger charge is -2.21. The molecule has 0 fully saturated rings. The molecule has 0 aliphatic rings. The second-order valence-electron chi connectivity index (χ2n) is 5.61. The van der Waals surface area contributed by atoms with Crippen LogP contribution in [-0.4, -0.2) is 44.5 Å². The van der Waals surface area contributed by atoms with Crippen molar-refractivity contribution in [2.24, 2.45) is 5.10 Å². The molecule has 11 heteroatoms. The molecule has 0 bridgehead atoms. The van der Waals surface area contributed by atoms with Gasteiger partial charge in [-0.15, -0.1) is 11.8 Å². The van der Waals surface area contributed by atoms with Gasteiger partial charge in [-0.25, -0.2) is 13.8 Å². The van der Waals surface area contributed by atoms with Crippen molar-refractivity contribution in [3.8, 4) is 0 Å². The maximum Gasteiger partial charge on any atom is 0.271 e. The molecule has 2 rings (SSSR count). The summed E-state index contributed by atoms with van der Waals surface area (Å²) in [5, 5.41) is 14.7. The van der Waals surface area contributed by atoms with Gasteiger partial charge in [0.1, 0.15) is 6.54 Å². The Labute approximate surface area is 166 Å². The number of nitro benzene ring substituents is 1. The highest BCUT2D eigenvalue weighted by Crippen LogP contribution is 2.22. The van der Waals surface area contributed by atoms with Crippen LogP contribution in [0.4, 0.5) is 11.4 Å². The lowest BCUT2D eigenvalue weighted by Crippen LogP contribution is -2.39. The third-order valence-electron chi connectivity index (χ3n) is 3.53. The van der Waals surface area contributed by atoms with E-state index in [2.05, 4.69) is 10.5 Å². The average Bonchev–Trinajstić information content (AvgIpc) is 2.66. The van der Waals surface area contributed by atoms with Gasteiger partial charge in [-0.3, -0.25) is 19.2 Å². The summed E-state index contributed by atoms with van der Waals surface area (Å²) in [5.41, 5.74) is 2.75. The molecule has 9 nitrogen and oxygen atoms in total. The first kappa shape index (κ1) is 21.4. The highest BCUT2D eigenvalue weighted by molar-refractivity contribution is 7.98. The highest BCUT2D eigenvalue weighted by Gasteiger charge is 2.22. The number of sulfonamides is 1. The normalized spacial score (nSPS) is 11.4. The van der Waals surface area contributed by atoms with Gasteiger partial charge in [-0.2, -0.15) is 5.10 Å². The predicted molar refractivity (Wildman–Crippen MR) is 109 cm³/mol. The Morgan fingerprint density at radius 1 is 1.29 bits per heavy atom. The molecule has 2 aromatic rings. The number of nitro groups is 1. The Morgan fingerprint density at radius 3 is 2.54 bits per heavy atom. The summed E-state index contributed by atoms with van der Waals surface area (Å²) >= 11 is 1.60. The summed E-state index contributed by atoms with van der Waals surface area (Å²) in [6, 6.07) is 12.5. The lowest BCUT2D eigenvalue weighted by molar-refractivity contribution is -0.384. The van der Waals surface area contributed by atoms with E-state index in [-0.39, 0.29) is 11.4 Å². The number of amides is 1. The second kappa shape index (κ2) is 9.33. The maximum atomic E-state index is 12.1. The molecule has 0 spiro atoms. The van der Waals surface area contributed by atoms with Crippen molar-refractivity contribution in [2.75, 3.05) is 23.4 Å². The molecular weight excluding hydrogens is 404 g/mol. The van der Waals surface area contributed by atoms with Gasteiger partial charge in [0.05, 0.1) is 23.1 Å². The summed E-state index contributed by atoms with van der Waals surface area (Å²) in [4.78, 5) is 23.5. The highest BCUT2D eigenvalue weighted by atomic mass is 32.2. The van der Waals surface area contributed by atoms with E-state index in [0.29, 0.717) is 0 Å². The van der Waals surface area contributed by atoms with Gasteiger partial charge in [0.25, 0.3) is 11.6 Å². The van der Waals surface area contributed by atoms with E-state index in [1.807, 2.05) is 30.5 Å². The van der Waals surface area contributed by atoms with E-state index in [0.717, 1.165) is 27.1 Å². The van der Waals surface area contributed by atoms with Crippen LogP contribution in [0.25, 0.3) is 0 Å². The largest absolute Gasteiger partial charge is 0.271 e. The Kier molecular flexibility index (Phi) is 7.12. The van der Waals surface area contributed by atoms with Crippen LogP contribution in [0.3, 0.4) is 0 Å². The summed E-state index contributed by atoms with van der Waals surface area (Å²) < 4.78 is 24.9. The summed E-state index contributed by atoms with van der Waals surface area (Å²) in [6.45, 7) is -0.567. The van der Waals surface area contributed by atoms with Crippen LogP contribution in [0.15, 0.2) is 58.5 Å². The Balaban J connectivity index is 2.10. The number of carbonyl (C=O) groups is 1. The van der Waals surface area contributed by atoms with Gasteiger partial charge in [0, 0.05) is 17.0 Å². The standard InChI is InChI=1S/C17H18N4O5S2/c1-27-16-8-6-13(7-9-16)11-18-19-17(22)12-20(28(2,25)26)14-4-3-5-15(10-14)21(23)24/h3-11H,12H2,1-2H3,(H,19,22)/b18-11-. The minimum absolute atomic E-state index is 0.0171. The van der Waals surface area contributed by atoms with Gasteiger partial charge in [-0.1, -0.05) is 18.2 Å². The molecule has 0 saturated heterocycles. The van der Waals surface area contributed by atoms with E-state index in [4.69, 9.17) is 0 Å². The fraction of sp³-hybridized carbons (Fsp3) is 0.176. The first-order valence-electron chi connectivity index (χ1n) is 7.89. The molecule has 148 valence electrons. The van der Waals surface area contributed by atoms with E-state index in [1.165, 1.54) is 24.4 Å². The average molecular weight is 422 g/mol. The molecule has 1 N–H and O–H groups in total. The van der Waals surface area contributed by atoms with Gasteiger partial charge in [-0.05, 0) is 30.0 Å². The number of hydrogen-bond acceptors (Lipinski definition) is 7. The molecular formula is C17H18N4O5S2. The van der Waals surface area contributed by atoms with Crippen LogP contribution in [-0.2, 0) is 14.8 Å². The number of benzene rings is 2. The van der Waals surface area contributed by atoms with Gasteiger partial charge in [0.2, 0.25) is 10.0 Å². The molecule has 0 heterocycles. The van der Waals surface area contributed by atoms with Crippen molar-refractivity contribution >= 4 is 45.3 Å². The van der Waals surface area contributed by atoms with E-state index in [1.54, 1.807) is 11.8 Å². The SMILES string of the molecule is CSc1ccc(/C=N\NC(=O)CN(c2cccc([N+](=O)[O-])c2)S(C)(=O)=O)cc1. The molecule has 28 heavy (non-hydrogen) atoms. The molecule has 0 aliphatic carbocycles. The fourth-order valence-electron chi connectivity index (χ4n) is 2.20. The number of hydrazone groups is 1. The zero-order valence-corrected chi connectivity index (χ0v) is 16.7. The van der Waals surface area contributed by atoms with Crippen molar-refractivity contribution < 1.29 is 18.1 Å². The third kappa shape index (κ3) is 6.06. The van der Waals surface area contributed by atoms with Crippen molar-refractivity contribution in [3.05, 3.63) is 64.2 Å². The zero-order valence-electron chi connectivity index (χ0n) is 15.1. The van der Waals surface area contributed by atoms with Crippen molar-refractivity contribution in [2.45, 2.75) is 4.90 Å². The number of anilines is 1. The number of nitrogens with one attached hydrogen (secondary N) is 1. The Bertz CT molecular complexity index is 991. The molecule has 2 aromatic carbocycles. The molecule has 0 radical (unpaired) electrons. The van der Waals surface area contributed by atoms with Gasteiger partial charge >= 0.3 is 0 Å². The zero-order chi connectivity index (χ0) is 20.7. The molecule has 0 aromatic heterocycles. The minimum atomic E-state index is -3.84. The third-order valence-corrected chi connectivity index (χ3v) is 5.42. The lowest BCUT2D eigenvalue weighted by atomic mass is 10.2. The Morgan fingerprint density at radius 2 is 1.96 bits per heavy atom. The molecule has 0 atom stereocenters. The van der Waals surface area contributed by atoms with Crippen molar-refractivity contribution in [1.29, 1.82) is 0 Å². The van der Waals surface area contributed by atoms with Crippen molar-refractivity contribution in [3.63, 3.8) is 0 Å². The fourth-order valence-corrected chi connectivity index (χ4v) is 3.45. The minimum Gasteiger partial charge on any atom is -0.271 e. The van der Waals surface area contributed by atoms with Crippen LogP contribution in [0.1, 0.15) is 5.56 Å². The summed E-state index contributed by atoms with van der Waals surface area (Å²) in [6.07, 6.45) is 4.30. The van der Waals surface area contributed by atoms with Crippen molar-refractivity contribution in [1.82, 2.24) is 5.43 Å². The second-order valence-corrected chi connectivity index (χ2v) is 8.40. The number of thioether (sulfide) groups is 1. The molecule has 0 aliphatic heterocycles. The van der Waals surface area contributed by atoms with Gasteiger partial charge in [0.15, 0.2) is 0 Å². The smallest absolute Gasteiger partial charge is 0.271 e. The Hall–Kier alpha value is -2.92. The van der Waals surface area contributed by atoms with E-state index >= 15 is 0 Å². The molecule has 0 unspecified atom stereocenters. The first-order valence-corrected chi connectivity index (χ1v) is 11.0. The topological polar surface area (TPSA) is 122 Å². The maximum absolute atomic E-state index is 12.1. The summed E-state index contributed by atoms with van der Waals surface area (Å²) in [5.74, 6) is -0.686. The van der Waals surface area contributed by atoms with E-state index in [9.17, 15) is 23.3 Å². The van der Waals surface area contributed by atoms with Crippen LogP contribution >= 0.6 is 11.8 Å². The number of hydrogen-bond donors (Lipinski definition) is 1. The van der Waals surface area contributed by atoms with Crippen LogP contribution in [0, 0.1) is 10.1 Å². The quantitative estimate of drug-likeness (QED) is 0.301. The van der Waals surface area contributed by atoms with Crippen LogP contribution in [0.5, 0.6) is 0 Å². The van der Waals surface area contributed by atoms with Crippen LogP contribution in [0.2, 0.25) is 0 Å². The van der Waals surface area contributed by atoms with E-state index < -0.39 is 27.4 Å². The predicted octanol–water partition coefficient (Wildman–Crippen LogP) is 2.23. The molecule has 1 amide bonds. The summed E-state index contributed by atoms with van der Waals surface area (Å²) in [7, 11) is -3.84. The van der Waals surface area contributed by atoms with Crippen LogP contribution < -0.4 is 9.73 Å². The number of rotatable bonds is 8. The monoisotopic (exact) mass is 422 g/mol. The number of carbonyl (C=O) groups excluding carboxylic acids is 1. The van der Waals surface area contributed by atoms with Gasteiger partial charge < -0.3 is 0 Å². The molecule has 0 saturated carbocycles. The number of nitrogens with zero attached hydrogens (tertiary/aromatic N) is 3.